The van der Waals surface area contributed by atoms with E-state index < -0.39 is 23.8 Å². The van der Waals surface area contributed by atoms with Crippen LogP contribution in [0.15, 0.2) is 48.5 Å². The van der Waals surface area contributed by atoms with Crippen LogP contribution >= 0.6 is 0 Å². The Bertz CT molecular complexity index is 912. The summed E-state index contributed by atoms with van der Waals surface area (Å²) in [4.78, 5) is 27.1. The summed E-state index contributed by atoms with van der Waals surface area (Å²) in [6.45, 7) is 4.05. The second kappa shape index (κ2) is 8.14. The number of nitrogens with one attached hydrogen (secondary N) is 2. The molecule has 0 aromatic heterocycles. The molecule has 0 aliphatic carbocycles. The molecule has 0 spiro atoms. The van der Waals surface area contributed by atoms with Gasteiger partial charge in [-0.25, -0.2) is 4.79 Å². The maximum atomic E-state index is 13.1. The largest absolute Gasteiger partial charge is 0.418 e. The van der Waals surface area contributed by atoms with Gasteiger partial charge in [-0.1, -0.05) is 44.2 Å². The predicted octanol–water partition coefficient (Wildman–Crippen LogP) is 4.44. The Labute approximate surface area is 166 Å². The minimum Gasteiger partial charge on any atom is -0.326 e. The number of alkyl halides is 3. The van der Waals surface area contributed by atoms with Crippen LogP contribution in [-0.2, 0) is 17.4 Å². The van der Waals surface area contributed by atoms with Gasteiger partial charge < -0.3 is 15.5 Å². The maximum Gasteiger partial charge on any atom is 0.418 e. The Morgan fingerprint density at radius 3 is 2.38 bits per heavy atom. The van der Waals surface area contributed by atoms with Gasteiger partial charge in [-0.3, -0.25) is 4.79 Å². The predicted molar refractivity (Wildman–Crippen MR) is 105 cm³/mol. The van der Waals surface area contributed by atoms with Crippen LogP contribution < -0.4 is 15.5 Å². The summed E-state index contributed by atoms with van der Waals surface area (Å²) in [5.41, 5.74) is 0.537. The standard InChI is InChI=1S/C21H22F3N3O2/c1-13(2)18(19(28)27-12-11-14-7-3-6-10-17(14)27)26-20(29)25-16-9-5-4-8-15(16)21(22,23)24/h3-10,13,18H,11-12H2,1-2H3,(H2,25,26,29). The number of hydrogen-bond acceptors (Lipinski definition) is 2. The van der Waals surface area contributed by atoms with Crippen LogP contribution in [0.1, 0.15) is 25.0 Å². The van der Waals surface area contributed by atoms with Crippen LogP contribution in [0.5, 0.6) is 0 Å². The molecule has 2 aromatic carbocycles. The molecule has 0 bridgehead atoms. The van der Waals surface area contributed by atoms with Crippen LogP contribution in [0, 0.1) is 5.92 Å². The number of amides is 3. The molecule has 1 aliphatic heterocycles. The summed E-state index contributed by atoms with van der Waals surface area (Å²) >= 11 is 0. The van der Waals surface area contributed by atoms with Gasteiger partial charge in [0.1, 0.15) is 6.04 Å². The molecule has 3 rings (SSSR count). The Morgan fingerprint density at radius 1 is 1.03 bits per heavy atom. The van der Waals surface area contributed by atoms with E-state index in [0.29, 0.717) is 6.54 Å². The normalized spacial score (nSPS) is 14.5. The topological polar surface area (TPSA) is 61.4 Å². The van der Waals surface area contributed by atoms with E-state index in [1.54, 1.807) is 18.7 Å². The molecule has 1 atom stereocenters. The molecule has 2 N–H and O–H groups in total. The minimum absolute atomic E-state index is 0.251. The van der Waals surface area contributed by atoms with Crippen LogP contribution in [0.3, 0.4) is 0 Å². The molecule has 1 aliphatic rings. The number of halogens is 3. The van der Waals surface area contributed by atoms with Crippen molar-refractivity contribution in [1.82, 2.24) is 5.32 Å². The Hall–Kier alpha value is -3.03. The first-order valence-corrected chi connectivity index (χ1v) is 9.31. The molecule has 2 aromatic rings. The first-order valence-electron chi connectivity index (χ1n) is 9.31. The minimum atomic E-state index is -4.60. The molecule has 1 heterocycles. The summed E-state index contributed by atoms with van der Waals surface area (Å²) < 4.78 is 39.4. The third-order valence-corrected chi connectivity index (χ3v) is 4.85. The number of para-hydroxylation sites is 2. The fraction of sp³-hybridized carbons (Fsp3) is 0.333. The quantitative estimate of drug-likeness (QED) is 0.790. The number of fused-ring (bicyclic) bond motifs is 1. The average Bonchev–Trinajstić information content (AvgIpc) is 3.09. The molecule has 3 amide bonds. The van der Waals surface area contributed by atoms with E-state index in [2.05, 4.69) is 10.6 Å². The summed E-state index contributed by atoms with van der Waals surface area (Å²) in [6.07, 6.45) is -3.88. The van der Waals surface area contributed by atoms with Gasteiger partial charge in [-0.15, -0.1) is 0 Å². The van der Waals surface area contributed by atoms with Crippen molar-refractivity contribution >= 4 is 23.3 Å². The van der Waals surface area contributed by atoms with Gasteiger partial charge in [0.15, 0.2) is 0 Å². The first kappa shape index (κ1) is 20.7. The van der Waals surface area contributed by atoms with Crippen molar-refractivity contribution in [2.45, 2.75) is 32.5 Å². The van der Waals surface area contributed by atoms with Crippen molar-refractivity contribution in [2.75, 3.05) is 16.8 Å². The Balaban J connectivity index is 1.75. The van der Waals surface area contributed by atoms with Crippen molar-refractivity contribution in [3.8, 4) is 0 Å². The van der Waals surface area contributed by atoms with Crippen LogP contribution in [0.2, 0.25) is 0 Å². The summed E-state index contributed by atoms with van der Waals surface area (Å²) in [5.74, 6) is -0.539. The van der Waals surface area contributed by atoms with Crippen molar-refractivity contribution < 1.29 is 22.8 Å². The highest BCUT2D eigenvalue weighted by molar-refractivity contribution is 6.02. The molecular weight excluding hydrogens is 383 g/mol. The summed E-state index contributed by atoms with van der Waals surface area (Å²) in [5, 5.41) is 4.77. The zero-order valence-corrected chi connectivity index (χ0v) is 16.1. The smallest absolute Gasteiger partial charge is 0.326 e. The second-order valence-corrected chi connectivity index (χ2v) is 7.23. The van der Waals surface area contributed by atoms with Crippen LogP contribution in [0.25, 0.3) is 0 Å². The highest BCUT2D eigenvalue weighted by Crippen LogP contribution is 2.34. The lowest BCUT2D eigenvalue weighted by Crippen LogP contribution is -2.52. The zero-order valence-electron chi connectivity index (χ0n) is 16.1. The van der Waals surface area contributed by atoms with Gasteiger partial charge >= 0.3 is 12.2 Å². The third kappa shape index (κ3) is 4.52. The van der Waals surface area contributed by atoms with Gasteiger partial charge in [0, 0.05) is 12.2 Å². The lowest BCUT2D eigenvalue weighted by atomic mass is 10.0. The van der Waals surface area contributed by atoms with E-state index in [9.17, 15) is 22.8 Å². The van der Waals surface area contributed by atoms with E-state index in [4.69, 9.17) is 0 Å². The van der Waals surface area contributed by atoms with E-state index in [-0.39, 0.29) is 17.5 Å². The van der Waals surface area contributed by atoms with Crippen molar-refractivity contribution in [1.29, 1.82) is 0 Å². The molecule has 0 saturated heterocycles. The number of nitrogens with zero attached hydrogens (tertiary/aromatic N) is 1. The number of benzene rings is 2. The van der Waals surface area contributed by atoms with Gasteiger partial charge in [0.05, 0.1) is 11.3 Å². The Kier molecular flexibility index (Phi) is 5.81. The lowest BCUT2D eigenvalue weighted by molar-refractivity contribution is -0.137. The van der Waals surface area contributed by atoms with Crippen LogP contribution in [0.4, 0.5) is 29.3 Å². The molecule has 8 heteroatoms. The molecule has 1 unspecified atom stereocenters. The summed E-state index contributed by atoms with van der Waals surface area (Å²) in [7, 11) is 0. The first-order chi connectivity index (χ1) is 13.7. The zero-order chi connectivity index (χ0) is 21.2. The number of urea groups is 1. The third-order valence-electron chi connectivity index (χ3n) is 4.85. The highest BCUT2D eigenvalue weighted by atomic mass is 19.4. The fourth-order valence-electron chi connectivity index (χ4n) is 3.39. The van der Waals surface area contributed by atoms with E-state index in [0.717, 1.165) is 23.7 Å². The number of carbonyl (C=O) groups excluding carboxylic acids is 2. The summed E-state index contributed by atoms with van der Waals surface area (Å²) in [6, 6.07) is 10.5. The number of anilines is 2. The van der Waals surface area contributed by atoms with Gasteiger partial charge in [-0.05, 0) is 36.1 Å². The number of carbonyl (C=O) groups is 2. The van der Waals surface area contributed by atoms with Crippen LogP contribution in [-0.4, -0.2) is 24.5 Å². The van der Waals surface area contributed by atoms with Gasteiger partial charge in [0.25, 0.3) is 0 Å². The molecule has 5 nitrogen and oxygen atoms in total. The van der Waals surface area contributed by atoms with Crippen molar-refractivity contribution in [3.63, 3.8) is 0 Å². The van der Waals surface area contributed by atoms with E-state index >= 15 is 0 Å². The fourth-order valence-corrected chi connectivity index (χ4v) is 3.39. The highest BCUT2D eigenvalue weighted by Gasteiger charge is 2.35. The molecule has 154 valence electrons. The average molecular weight is 405 g/mol. The van der Waals surface area contributed by atoms with Gasteiger partial charge in [-0.2, -0.15) is 13.2 Å². The number of rotatable bonds is 4. The van der Waals surface area contributed by atoms with Crippen molar-refractivity contribution in [3.05, 3.63) is 59.7 Å². The van der Waals surface area contributed by atoms with E-state index in [1.807, 2.05) is 24.3 Å². The molecular formula is C21H22F3N3O2. The Morgan fingerprint density at radius 2 is 1.69 bits per heavy atom. The van der Waals surface area contributed by atoms with Crippen molar-refractivity contribution in [2.24, 2.45) is 5.92 Å². The maximum absolute atomic E-state index is 13.1. The SMILES string of the molecule is CC(C)C(NC(=O)Nc1ccccc1C(F)(F)F)C(=O)N1CCc2ccccc21. The van der Waals surface area contributed by atoms with E-state index in [1.165, 1.54) is 18.2 Å². The number of hydrogen-bond donors (Lipinski definition) is 2. The monoisotopic (exact) mass is 405 g/mol. The van der Waals surface area contributed by atoms with Gasteiger partial charge in [0.2, 0.25) is 5.91 Å². The lowest BCUT2D eigenvalue weighted by Gasteiger charge is -2.27. The molecule has 0 radical (unpaired) electrons. The molecule has 29 heavy (non-hydrogen) atoms. The molecule has 0 saturated carbocycles. The second-order valence-electron chi connectivity index (χ2n) is 7.23. The molecule has 0 fully saturated rings.